The SMILES string of the molecule is C.C.C.C.C.C.C.C.C[Si](C)(CCCn1c(=O)n(CC2CO2)c(=O)n(CC2CO2)c1=O)O[Si](C)(C)O[Si](C)(C)CCCn1c(=O)n(CC2CO2)c(=O)n(CC2CO2)c1=O.C[Si](C)(CCCn1c(=O)n(CC2CO2)c(=O)n(CC2CO2)c1=O)O[Si](C)(C)O[Si](C)(O[Si](C)(C)CCCn1c(=O)n(CC2CO2)c(=O)n(CC2CO2)c1=O)c1ccccc1.C[Si](C)(O)O[Si](C)(C)CCCn1c(=O)n(CC2CO2)c(=O)n(CC2CO2)c1=O. The van der Waals surface area contributed by atoms with Crippen molar-refractivity contribution in [2.75, 3.05) is 66.1 Å². The van der Waals surface area contributed by atoms with Crippen LogP contribution in [0.5, 0.6) is 0 Å². The fraction of sp³-hybridized carbons (Fsp3) is 0.769. The van der Waals surface area contributed by atoms with Crippen molar-refractivity contribution in [3.8, 4) is 0 Å². The lowest BCUT2D eigenvalue weighted by Crippen LogP contribution is -2.63. The molecule has 147 heavy (non-hydrogen) atoms. The molecule has 10 aliphatic rings. The van der Waals surface area contributed by atoms with Gasteiger partial charge in [0.2, 0.25) is 0 Å². The molecule has 56 heteroatoms. The average Bonchev–Trinajstić information content (AvgIpc) is 1.37. The standard InChI is InChI=1S/C37H58N6O13Si4.C30H50N6O12Si3.C16H29N3O7Si2.8CH4/c1-57(2,17-11-15-38-32(44)40(19-27-23-50-27)36(48)41(33(38)45)20-28-24-51-28)54-59(5,6)56-60(7,31-13-9-8-10-14-31)55-58(3,4)18-12-16-39-34(46)42(21-29-25-52-29)37(49)43(35(39)47)22-30-26-53-30;1-49(2,11-7-9-31-25(37)33(13-21-17-43-21)29(41)34(26(31)38)14-22-18-44-22)47-51(5,6)48-50(3,4)12-8-10-32-27(39)35(15-23-19-45-23)30(42)36(28(32)40)16-24-20-46-24;1-27(2,26-28(3,4)23)7-5-6-17-14(20)18(8-12-10-24-12)16(22)19(15(17)21)9-13-11-25-13;;;;;;;;/h8-10,13-14,27-30H,11-12,15-26H2,1-7H3;21-24H,7-20H2,1-6H3;12-13,23H,5-11H2,1-4H3;8*1H4. The lowest BCUT2D eigenvalue weighted by molar-refractivity contribution is 0.330. The third-order valence-electron chi connectivity index (χ3n) is 24.9. The number of ether oxygens (including phenoxy) is 10. The van der Waals surface area contributed by atoms with Gasteiger partial charge in [0.05, 0.1) is 193 Å². The van der Waals surface area contributed by atoms with E-state index in [1.165, 1.54) is 0 Å². The van der Waals surface area contributed by atoms with Gasteiger partial charge >= 0.3 is 120 Å². The van der Waals surface area contributed by atoms with E-state index in [9.17, 15) is 76.7 Å². The minimum atomic E-state index is -3.16. The lowest BCUT2D eigenvalue weighted by Gasteiger charge is -2.42. The molecule has 0 spiro atoms. The van der Waals surface area contributed by atoms with Crippen LogP contribution in [0.4, 0.5) is 0 Å². The molecule has 47 nitrogen and oxygen atoms in total. The first-order chi connectivity index (χ1) is 65.1. The van der Waals surface area contributed by atoms with Crippen molar-refractivity contribution in [1.82, 2.24) is 68.5 Å². The van der Waals surface area contributed by atoms with Crippen molar-refractivity contribution in [3.05, 3.63) is 188 Å². The third-order valence-corrected chi connectivity index (χ3v) is 58.1. The average molecular weight is 2240 g/mol. The zero-order valence-electron chi connectivity index (χ0n) is 82.7. The molecule has 11 unspecified atom stereocenters. The lowest BCUT2D eigenvalue weighted by atomic mass is 10.4. The Balaban J connectivity index is 0.000000346. The van der Waals surface area contributed by atoms with Crippen LogP contribution >= 0.6 is 0 Å². The van der Waals surface area contributed by atoms with Crippen LogP contribution in [0.15, 0.2) is 102 Å². The van der Waals surface area contributed by atoms with Gasteiger partial charge in [0.1, 0.15) is 0 Å². The number of hydrogen-bond donors (Lipinski definition) is 1. The van der Waals surface area contributed by atoms with Gasteiger partial charge in [-0.05, 0) is 179 Å². The van der Waals surface area contributed by atoms with Crippen LogP contribution in [-0.4, -0.2) is 276 Å². The highest BCUT2D eigenvalue weighted by molar-refractivity contribution is 6.95. The van der Waals surface area contributed by atoms with E-state index in [1.807, 2.05) is 76.2 Å². The number of aromatic nitrogens is 15. The van der Waals surface area contributed by atoms with Crippen molar-refractivity contribution in [2.45, 2.75) is 392 Å². The molecule has 0 radical (unpaired) electrons. The van der Waals surface area contributed by atoms with Crippen LogP contribution in [-0.2, 0) is 170 Å². The van der Waals surface area contributed by atoms with E-state index in [2.05, 4.69) is 52.4 Å². The summed E-state index contributed by atoms with van der Waals surface area (Å²) in [5, 5.41) is 0.948. The highest BCUT2D eigenvalue weighted by atomic mass is 28.5. The molecule has 0 amide bonds. The van der Waals surface area contributed by atoms with Gasteiger partial charge in [-0.25, -0.2) is 140 Å². The van der Waals surface area contributed by atoms with Crippen molar-refractivity contribution < 1.29 is 76.9 Å². The number of benzene rings is 1. The van der Waals surface area contributed by atoms with Crippen LogP contribution in [0.2, 0.25) is 142 Å². The van der Waals surface area contributed by atoms with E-state index < -0.39 is 161 Å². The second-order valence-electron chi connectivity index (χ2n) is 42.1. The maximum atomic E-state index is 13.5. The monoisotopic (exact) mass is 2240 g/mol. The summed E-state index contributed by atoms with van der Waals surface area (Å²) in [7, 11) is -23.2. The molecular formula is C91H169N15O32Si9. The van der Waals surface area contributed by atoms with Crippen molar-refractivity contribution >= 4 is 81.0 Å². The molecule has 1 N–H and O–H groups in total. The molecule has 16 rings (SSSR count). The quantitative estimate of drug-likeness (QED) is 0.0423. The molecule has 10 saturated heterocycles. The Morgan fingerprint density at radius 1 is 0.224 bits per heavy atom. The van der Waals surface area contributed by atoms with E-state index in [0.717, 1.165) is 73.7 Å². The van der Waals surface area contributed by atoms with E-state index in [4.69, 9.17) is 72.1 Å². The third kappa shape index (κ3) is 36.1. The summed E-state index contributed by atoms with van der Waals surface area (Å²) < 4.78 is 110. The van der Waals surface area contributed by atoms with Gasteiger partial charge < -0.3 is 76.9 Å². The van der Waals surface area contributed by atoms with Gasteiger partial charge in [0.25, 0.3) is 0 Å². The van der Waals surface area contributed by atoms with Crippen molar-refractivity contribution in [2.24, 2.45) is 0 Å². The van der Waals surface area contributed by atoms with Gasteiger partial charge in [-0.15, -0.1) is 0 Å². The molecule has 5 aromatic heterocycles. The first-order valence-electron chi connectivity index (χ1n) is 48.0. The predicted octanol–water partition coefficient (Wildman–Crippen LogP) is 3.11. The summed E-state index contributed by atoms with van der Waals surface area (Å²) in [5.74, 6) is 0. The second-order valence-corrected chi connectivity index (χ2v) is 78.1. The van der Waals surface area contributed by atoms with E-state index in [0.29, 0.717) is 128 Å². The first-order valence-corrected chi connectivity index (χ1v) is 74.4. The fourth-order valence-corrected chi connectivity index (χ4v) is 57.7. The van der Waals surface area contributed by atoms with Crippen LogP contribution in [0.25, 0.3) is 0 Å². The van der Waals surface area contributed by atoms with Crippen LogP contribution < -0.4 is 90.5 Å². The molecule has 836 valence electrons. The molecule has 10 aliphatic heterocycles. The number of hydrogen-bond acceptors (Lipinski definition) is 32. The molecule has 0 bridgehead atoms. The summed E-state index contributed by atoms with van der Waals surface area (Å²) in [6, 6.07) is 13.1. The van der Waals surface area contributed by atoms with E-state index >= 15 is 0 Å². The Hall–Kier alpha value is -7.46. The summed E-state index contributed by atoms with van der Waals surface area (Å²) in [5.41, 5.74) is -9.45. The van der Waals surface area contributed by atoms with Gasteiger partial charge in [0, 0.05) is 32.7 Å². The topological polar surface area (TPSA) is 531 Å². The summed E-state index contributed by atoms with van der Waals surface area (Å²) in [6.45, 7) is 40.9. The second kappa shape index (κ2) is 51.5. The summed E-state index contributed by atoms with van der Waals surface area (Å²) in [4.78, 5) is 207. The number of epoxide rings is 10. The summed E-state index contributed by atoms with van der Waals surface area (Å²) >= 11 is 0. The molecule has 6 aromatic rings. The Labute approximate surface area is 867 Å². The maximum Gasteiger partial charge on any atom is 0.350 e. The van der Waals surface area contributed by atoms with E-state index in [-0.39, 0.29) is 219 Å². The Kier molecular flexibility index (Phi) is 44.9. The zero-order chi connectivity index (χ0) is 101. The Morgan fingerprint density at radius 3 is 0.524 bits per heavy atom. The predicted molar refractivity (Wildman–Crippen MR) is 581 cm³/mol. The highest BCUT2D eigenvalue weighted by Gasteiger charge is 2.49. The smallest absolute Gasteiger partial charge is 0.350 e. The highest BCUT2D eigenvalue weighted by Crippen LogP contribution is 2.31. The van der Waals surface area contributed by atoms with Crippen LogP contribution in [0.3, 0.4) is 0 Å². The normalized spacial score (nSPS) is 21.0. The Bertz CT molecular complexity index is 6040. The summed E-state index contributed by atoms with van der Waals surface area (Å²) in [6.07, 6.45) is 0.500. The van der Waals surface area contributed by atoms with Gasteiger partial charge in [-0.3, -0.25) is 0 Å². The molecule has 15 heterocycles. The number of rotatable bonds is 53. The number of nitrogens with zero attached hydrogens (tertiary/aromatic N) is 15. The minimum Gasteiger partial charge on any atom is -0.437 e. The molecule has 0 aliphatic carbocycles. The van der Waals surface area contributed by atoms with Crippen molar-refractivity contribution in [1.29, 1.82) is 0 Å². The van der Waals surface area contributed by atoms with Gasteiger partial charge in [-0.1, -0.05) is 89.7 Å². The van der Waals surface area contributed by atoms with Gasteiger partial charge in [0.15, 0.2) is 41.6 Å². The molecule has 1 aromatic carbocycles. The Morgan fingerprint density at radius 2 is 0.367 bits per heavy atom. The minimum absolute atomic E-state index is 0. The molecule has 0 saturated carbocycles. The van der Waals surface area contributed by atoms with Gasteiger partial charge in [-0.2, -0.15) is 0 Å². The van der Waals surface area contributed by atoms with Crippen molar-refractivity contribution in [3.63, 3.8) is 0 Å². The largest absolute Gasteiger partial charge is 0.437 e. The molecule has 11 atom stereocenters. The van der Waals surface area contributed by atoms with Crippen LogP contribution in [0, 0.1) is 0 Å². The van der Waals surface area contributed by atoms with Crippen LogP contribution in [0.1, 0.15) is 91.5 Å². The maximum absolute atomic E-state index is 13.5. The first kappa shape index (κ1) is 128. The van der Waals surface area contributed by atoms with E-state index in [1.54, 1.807) is 13.1 Å². The molecule has 10 fully saturated rings. The zero-order valence-corrected chi connectivity index (χ0v) is 91.7. The fourth-order valence-electron chi connectivity index (χ4n) is 17.9. The molecular weight excluding hydrogens is 2070 g/mol.